The number of ether oxygens (including phenoxy) is 2. The minimum absolute atomic E-state index is 0.335. The maximum absolute atomic E-state index is 9.81. The Hall–Kier alpha value is -0.160. The first-order valence-electron chi connectivity index (χ1n) is 7.46. The van der Waals surface area contributed by atoms with Crippen LogP contribution in [0.5, 0.6) is 0 Å². The van der Waals surface area contributed by atoms with Crippen molar-refractivity contribution in [2.45, 2.75) is 63.3 Å². The first-order valence-corrected chi connectivity index (χ1v) is 7.46. The van der Waals surface area contributed by atoms with Gasteiger partial charge in [0.2, 0.25) is 0 Å². The highest BCUT2D eigenvalue weighted by molar-refractivity contribution is 4.70. The Labute approximate surface area is 110 Å². The fourth-order valence-corrected chi connectivity index (χ4v) is 2.74. The molecule has 18 heavy (non-hydrogen) atoms. The molecule has 0 aromatic heterocycles. The first-order chi connectivity index (χ1) is 8.84. The molecule has 2 unspecified atom stereocenters. The maximum atomic E-state index is 9.81. The molecular formula is C14H27NO3. The Kier molecular flexibility index (Phi) is 6.41. The Morgan fingerprint density at radius 3 is 2.67 bits per heavy atom. The van der Waals surface area contributed by atoms with Crippen LogP contribution in [0.3, 0.4) is 0 Å². The van der Waals surface area contributed by atoms with Gasteiger partial charge in [0.1, 0.15) is 0 Å². The van der Waals surface area contributed by atoms with Crippen LogP contribution < -0.4 is 5.32 Å². The van der Waals surface area contributed by atoms with Crippen LogP contribution >= 0.6 is 0 Å². The van der Waals surface area contributed by atoms with Gasteiger partial charge < -0.3 is 19.9 Å². The molecule has 2 atom stereocenters. The van der Waals surface area contributed by atoms with Crippen molar-refractivity contribution in [2.75, 3.05) is 26.3 Å². The van der Waals surface area contributed by atoms with Crippen molar-refractivity contribution in [3.05, 3.63) is 0 Å². The molecule has 1 aliphatic heterocycles. The van der Waals surface area contributed by atoms with E-state index >= 15 is 0 Å². The van der Waals surface area contributed by atoms with Gasteiger partial charge in [-0.15, -0.1) is 0 Å². The first kappa shape index (κ1) is 14.3. The van der Waals surface area contributed by atoms with Crippen molar-refractivity contribution in [2.24, 2.45) is 0 Å². The lowest BCUT2D eigenvalue weighted by Crippen LogP contribution is -2.37. The molecule has 0 bridgehead atoms. The van der Waals surface area contributed by atoms with E-state index in [1.165, 1.54) is 25.7 Å². The third kappa shape index (κ3) is 5.22. The van der Waals surface area contributed by atoms with Crippen LogP contribution in [0, 0.1) is 0 Å². The second kappa shape index (κ2) is 8.10. The second-order valence-corrected chi connectivity index (χ2v) is 5.54. The zero-order valence-electron chi connectivity index (χ0n) is 11.3. The van der Waals surface area contributed by atoms with E-state index in [9.17, 15) is 5.11 Å². The van der Waals surface area contributed by atoms with Crippen molar-refractivity contribution in [3.63, 3.8) is 0 Å². The van der Waals surface area contributed by atoms with Gasteiger partial charge in [0.05, 0.1) is 24.9 Å². The summed E-state index contributed by atoms with van der Waals surface area (Å²) in [6, 6.07) is 0. The molecule has 2 rings (SSSR count). The van der Waals surface area contributed by atoms with Crippen LogP contribution in [0.2, 0.25) is 0 Å². The van der Waals surface area contributed by atoms with E-state index in [0.717, 1.165) is 32.4 Å². The predicted octanol–water partition coefficient (Wildman–Crippen LogP) is 1.47. The zero-order valence-corrected chi connectivity index (χ0v) is 11.3. The lowest BCUT2D eigenvalue weighted by molar-refractivity contribution is -0.0106. The Bertz CT molecular complexity index is 213. The molecule has 1 saturated heterocycles. The highest BCUT2D eigenvalue weighted by Crippen LogP contribution is 2.20. The molecule has 1 saturated carbocycles. The van der Waals surface area contributed by atoms with E-state index in [1.807, 2.05) is 0 Å². The summed E-state index contributed by atoms with van der Waals surface area (Å²) in [7, 11) is 0. The molecule has 0 spiro atoms. The van der Waals surface area contributed by atoms with Gasteiger partial charge in [0, 0.05) is 19.7 Å². The van der Waals surface area contributed by atoms with E-state index in [-0.39, 0.29) is 0 Å². The Balaban J connectivity index is 1.47. The summed E-state index contributed by atoms with van der Waals surface area (Å²) in [5.41, 5.74) is 0. The third-order valence-electron chi connectivity index (χ3n) is 3.85. The van der Waals surface area contributed by atoms with Crippen LogP contribution in [-0.4, -0.2) is 49.7 Å². The number of hydrogen-bond acceptors (Lipinski definition) is 4. The van der Waals surface area contributed by atoms with Crippen LogP contribution in [0.15, 0.2) is 0 Å². The SMILES string of the molecule is OC(CNCC1CCCCO1)COC1CCCC1. The van der Waals surface area contributed by atoms with E-state index in [2.05, 4.69) is 5.32 Å². The topological polar surface area (TPSA) is 50.7 Å². The third-order valence-corrected chi connectivity index (χ3v) is 3.85. The quantitative estimate of drug-likeness (QED) is 0.725. The van der Waals surface area contributed by atoms with Crippen molar-refractivity contribution in [1.29, 1.82) is 0 Å². The normalized spacial score (nSPS) is 27.5. The number of aliphatic hydroxyl groups excluding tert-OH is 1. The number of hydrogen-bond donors (Lipinski definition) is 2. The molecule has 1 heterocycles. The van der Waals surface area contributed by atoms with E-state index in [1.54, 1.807) is 0 Å². The molecule has 4 heteroatoms. The van der Waals surface area contributed by atoms with Crippen molar-refractivity contribution >= 4 is 0 Å². The molecule has 0 radical (unpaired) electrons. The molecule has 2 N–H and O–H groups in total. The van der Waals surface area contributed by atoms with Gasteiger partial charge in [0.15, 0.2) is 0 Å². The number of aliphatic hydroxyl groups is 1. The smallest absolute Gasteiger partial charge is 0.0897 e. The van der Waals surface area contributed by atoms with Gasteiger partial charge in [0.25, 0.3) is 0 Å². The maximum Gasteiger partial charge on any atom is 0.0897 e. The summed E-state index contributed by atoms with van der Waals surface area (Å²) in [6.45, 7) is 2.80. The Morgan fingerprint density at radius 1 is 1.17 bits per heavy atom. The van der Waals surface area contributed by atoms with Gasteiger partial charge in [-0.25, -0.2) is 0 Å². The monoisotopic (exact) mass is 257 g/mol. The van der Waals surface area contributed by atoms with Gasteiger partial charge in [-0.05, 0) is 32.1 Å². The molecule has 4 nitrogen and oxygen atoms in total. The van der Waals surface area contributed by atoms with Crippen molar-refractivity contribution in [3.8, 4) is 0 Å². The summed E-state index contributed by atoms with van der Waals surface area (Å²) in [5, 5.41) is 13.1. The summed E-state index contributed by atoms with van der Waals surface area (Å²) in [5.74, 6) is 0. The lowest BCUT2D eigenvalue weighted by Gasteiger charge is -2.23. The molecule has 2 aliphatic rings. The van der Waals surface area contributed by atoms with Crippen molar-refractivity contribution in [1.82, 2.24) is 5.32 Å². The fraction of sp³-hybridized carbons (Fsp3) is 1.00. The average Bonchev–Trinajstić information content (AvgIpc) is 2.91. The Morgan fingerprint density at radius 2 is 1.94 bits per heavy atom. The second-order valence-electron chi connectivity index (χ2n) is 5.54. The zero-order chi connectivity index (χ0) is 12.6. The molecule has 2 fully saturated rings. The highest BCUT2D eigenvalue weighted by Gasteiger charge is 2.17. The van der Waals surface area contributed by atoms with Crippen LogP contribution in [-0.2, 0) is 9.47 Å². The standard InChI is InChI=1S/C14H27NO3/c16-12(11-18-13-5-1-2-6-13)9-15-10-14-7-3-4-8-17-14/h12-16H,1-11H2. The summed E-state index contributed by atoms with van der Waals surface area (Å²) in [6.07, 6.45) is 8.80. The highest BCUT2D eigenvalue weighted by atomic mass is 16.5. The minimum atomic E-state index is -0.394. The van der Waals surface area contributed by atoms with Crippen molar-refractivity contribution < 1.29 is 14.6 Å². The van der Waals surface area contributed by atoms with E-state index < -0.39 is 6.10 Å². The van der Waals surface area contributed by atoms with Crippen LogP contribution in [0.1, 0.15) is 44.9 Å². The number of nitrogens with one attached hydrogen (secondary N) is 1. The minimum Gasteiger partial charge on any atom is -0.389 e. The summed E-state index contributed by atoms with van der Waals surface area (Å²) < 4.78 is 11.3. The lowest BCUT2D eigenvalue weighted by atomic mass is 10.1. The molecule has 1 aliphatic carbocycles. The fourth-order valence-electron chi connectivity index (χ4n) is 2.74. The van der Waals surface area contributed by atoms with Gasteiger partial charge in [-0.1, -0.05) is 12.8 Å². The molecule has 0 amide bonds. The van der Waals surface area contributed by atoms with Crippen LogP contribution in [0.4, 0.5) is 0 Å². The molecular weight excluding hydrogens is 230 g/mol. The summed E-state index contributed by atoms with van der Waals surface area (Å²) >= 11 is 0. The average molecular weight is 257 g/mol. The van der Waals surface area contributed by atoms with E-state index in [0.29, 0.717) is 25.4 Å². The molecule has 0 aromatic carbocycles. The summed E-state index contributed by atoms with van der Waals surface area (Å²) in [4.78, 5) is 0. The molecule has 106 valence electrons. The van der Waals surface area contributed by atoms with Gasteiger partial charge in [-0.2, -0.15) is 0 Å². The number of rotatable bonds is 7. The predicted molar refractivity (Wildman–Crippen MR) is 70.7 cm³/mol. The van der Waals surface area contributed by atoms with E-state index in [4.69, 9.17) is 9.47 Å². The van der Waals surface area contributed by atoms with Crippen LogP contribution in [0.25, 0.3) is 0 Å². The van der Waals surface area contributed by atoms with Gasteiger partial charge >= 0.3 is 0 Å². The molecule has 0 aromatic rings. The largest absolute Gasteiger partial charge is 0.389 e. The van der Waals surface area contributed by atoms with Gasteiger partial charge in [-0.3, -0.25) is 0 Å².